The number of nitrogens with zero attached hydrogens (tertiary/aromatic N) is 2. The fourth-order valence-corrected chi connectivity index (χ4v) is 3.48. The first-order valence-corrected chi connectivity index (χ1v) is 8.63. The Morgan fingerprint density at radius 2 is 2.17 bits per heavy atom. The Kier molecular flexibility index (Phi) is 3.66. The number of aromatic amines is 1. The molecule has 0 aliphatic carbocycles. The predicted molar refractivity (Wildman–Crippen MR) is 93.6 cm³/mol. The Morgan fingerprint density at radius 1 is 1.26 bits per heavy atom. The zero-order valence-corrected chi connectivity index (χ0v) is 14.1. The number of nitrogens with one attached hydrogen (secondary N) is 1. The van der Waals surface area contributed by atoms with Crippen LogP contribution in [0.25, 0.3) is 22.1 Å². The molecule has 0 atom stereocenters. The fourth-order valence-electron chi connectivity index (χ4n) is 2.28. The van der Waals surface area contributed by atoms with Crippen LogP contribution in [0.5, 0.6) is 0 Å². The minimum Gasteiger partial charge on any atom is -0.423 e. The van der Waals surface area contributed by atoms with Crippen LogP contribution >= 0.6 is 27.7 Å². The summed E-state index contributed by atoms with van der Waals surface area (Å²) in [6.45, 7) is 0. The lowest BCUT2D eigenvalue weighted by molar-refractivity contribution is 0.554. The Labute approximate surface area is 143 Å². The molecule has 3 heterocycles. The van der Waals surface area contributed by atoms with E-state index in [4.69, 9.17) is 4.42 Å². The monoisotopic (exact) mass is 387 g/mol. The van der Waals surface area contributed by atoms with Gasteiger partial charge in [-0.1, -0.05) is 27.7 Å². The minimum absolute atomic E-state index is 0.318. The smallest absolute Gasteiger partial charge is 0.340 e. The quantitative estimate of drug-likeness (QED) is 0.422. The van der Waals surface area contributed by atoms with Crippen LogP contribution in [0.4, 0.5) is 0 Å². The van der Waals surface area contributed by atoms with Gasteiger partial charge in [-0.2, -0.15) is 0 Å². The molecule has 0 spiro atoms. The van der Waals surface area contributed by atoms with Crippen LogP contribution < -0.4 is 5.63 Å². The number of halogens is 1. The maximum Gasteiger partial charge on any atom is 0.340 e. The van der Waals surface area contributed by atoms with Crippen molar-refractivity contribution in [1.29, 1.82) is 0 Å². The van der Waals surface area contributed by atoms with Gasteiger partial charge in [0.05, 0.1) is 5.52 Å². The van der Waals surface area contributed by atoms with E-state index in [0.717, 1.165) is 20.5 Å². The van der Waals surface area contributed by atoms with Crippen molar-refractivity contribution in [3.8, 4) is 0 Å². The molecule has 0 radical (unpaired) electrons. The van der Waals surface area contributed by atoms with Gasteiger partial charge in [0, 0.05) is 27.4 Å². The van der Waals surface area contributed by atoms with Crippen molar-refractivity contribution in [2.24, 2.45) is 0 Å². The predicted octanol–water partition coefficient (Wildman–Crippen LogP) is 4.12. The van der Waals surface area contributed by atoms with E-state index in [-0.39, 0.29) is 5.63 Å². The molecule has 1 aromatic carbocycles. The Morgan fingerprint density at radius 3 is 3.04 bits per heavy atom. The molecule has 4 aromatic rings. The number of fused-ring (bicyclic) bond motifs is 2. The second-order valence-electron chi connectivity index (χ2n) is 4.95. The van der Waals surface area contributed by atoms with Gasteiger partial charge < -0.3 is 9.40 Å². The molecule has 4 rings (SSSR count). The topological polar surface area (TPSA) is 71.8 Å². The molecule has 0 aliphatic rings. The van der Waals surface area contributed by atoms with Gasteiger partial charge in [-0.25, -0.2) is 14.8 Å². The zero-order chi connectivity index (χ0) is 15.8. The highest BCUT2D eigenvalue weighted by molar-refractivity contribution is 9.10. The van der Waals surface area contributed by atoms with Crippen molar-refractivity contribution in [2.75, 3.05) is 0 Å². The van der Waals surface area contributed by atoms with E-state index < -0.39 is 0 Å². The third kappa shape index (κ3) is 2.89. The van der Waals surface area contributed by atoms with Crippen LogP contribution in [0.15, 0.2) is 61.4 Å². The first kappa shape index (κ1) is 14.5. The van der Waals surface area contributed by atoms with E-state index >= 15 is 0 Å². The van der Waals surface area contributed by atoms with E-state index in [2.05, 4.69) is 30.9 Å². The molecule has 0 amide bonds. The Bertz CT molecular complexity index is 1040. The van der Waals surface area contributed by atoms with Gasteiger partial charge in [-0.05, 0) is 36.4 Å². The molecule has 0 aliphatic heterocycles. The standard InChI is InChI=1S/C16H10BrN3O2S/c17-11-3-4-13-9(7-11)6-10(15(21)22-13)8-23-16-19-12-2-1-5-18-14(12)20-16/h1-7H,8H2,(H,18,19,20). The Hall–Kier alpha value is -2.12. The summed E-state index contributed by atoms with van der Waals surface area (Å²) >= 11 is 4.87. The molecule has 0 saturated carbocycles. The van der Waals surface area contributed by atoms with Gasteiger partial charge >= 0.3 is 5.63 Å². The first-order valence-electron chi connectivity index (χ1n) is 6.85. The number of hydrogen-bond donors (Lipinski definition) is 1. The van der Waals surface area contributed by atoms with Crippen LogP contribution in [-0.2, 0) is 5.75 Å². The number of rotatable bonds is 3. The van der Waals surface area contributed by atoms with E-state index in [9.17, 15) is 4.79 Å². The van der Waals surface area contributed by atoms with Gasteiger partial charge in [0.2, 0.25) is 0 Å². The SMILES string of the molecule is O=c1oc2ccc(Br)cc2cc1CSc1nc2ncccc2[nH]1. The molecular formula is C16H10BrN3O2S. The summed E-state index contributed by atoms with van der Waals surface area (Å²) in [7, 11) is 0. The average molecular weight is 388 g/mol. The van der Waals surface area contributed by atoms with Crippen LogP contribution in [0.3, 0.4) is 0 Å². The summed E-state index contributed by atoms with van der Waals surface area (Å²) in [5, 5.41) is 1.62. The summed E-state index contributed by atoms with van der Waals surface area (Å²) in [6, 6.07) is 11.2. The molecule has 0 saturated heterocycles. The van der Waals surface area contributed by atoms with Crippen molar-refractivity contribution < 1.29 is 4.42 Å². The molecular weight excluding hydrogens is 378 g/mol. The zero-order valence-electron chi connectivity index (χ0n) is 11.7. The molecule has 114 valence electrons. The minimum atomic E-state index is -0.318. The molecule has 3 aromatic heterocycles. The lowest BCUT2D eigenvalue weighted by atomic mass is 10.2. The van der Waals surface area contributed by atoms with Gasteiger partial charge in [0.25, 0.3) is 0 Å². The van der Waals surface area contributed by atoms with Crippen molar-refractivity contribution in [3.05, 3.63) is 63.1 Å². The molecule has 1 N–H and O–H groups in total. The van der Waals surface area contributed by atoms with Crippen molar-refractivity contribution in [1.82, 2.24) is 15.0 Å². The molecule has 0 unspecified atom stereocenters. The van der Waals surface area contributed by atoms with Crippen molar-refractivity contribution in [2.45, 2.75) is 10.9 Å². The van der Waals surface area contributed by atoms with Gasteiger partial charge in [-0.15, -0.1) is 0 Å². The number of aromatic nitrogens is 3. The summed E-state index contributed by atoms with van der Waals surface area (Å²) in [5.74, 6) is 0.477. The van der Waals surface area contributed by atoms with E-state index in [1.807, 2.05) is 30.3 Å². The normalized spacial score (nSPS) is 11.3. The second-order valence-corrected chi connectivity index (χ2v) is 6.83. The Balaban J connectivity index is 1.64. The maximum atomic E-state index is 12.1. The van der Waals surface area contributed by atoms with E-state index in [0.29, 0.717) is 22.5 Å². The molecule has 23 heavy (non-hydrogen) atoms. The third-order valence-corrected chi connectivity index (χ3v) is 4.78. The number of pyridine rings is 1. The lowest BCUT2D eigenvalue weighted by Crippen LogP contribution is -2.05. The third-order valence-electron chi connectivity index (χ3n) is 3.37. The molecule has 7 heteroatoms. The number of thioether (sulfide) groups is 1. The highest BCUT2D eigenvalue weighted by Gasteiger charge is 2.09. The van der Waals surface area contributed by atoms with Gasteiger partial charge in [0.1, 0.15) is 5.58 Å². The van der Waals surface area contributed by atoms with Crippen molar-refractivity contribution >= 4 is 49.8 Å². The number of hydrogen-bond acceptors (Lipinski definition) is 5. The van der Waals surface area contributed by atoms with Crippen LogP contribution in [0.1, 0.15) is 5.56 Å². The summed E-state index contributed by atoms with van der Waals surface area (Å²) < 4.78 is 6.31. The second kappa shape index (κ2) is 5.82. The highest BCUT2D eigenvalue weighted by atomic mass is 79.9. The molecule has 0 bridgehead atoms. The summed E-state index contributed by atoms with van der Waals surface area (Å²) in [5.41, 5.74) is 2.42. The summed E-state index contributed by atoms with van der Waals surface area (Å²) in [4.78, 5) is 23.8. The first-order chi connectivity index (χ1) is 11.2. The maximum absolute atomic E-state index is 12.1. The van der Waals surface area contributed by atoms with Crippen LogP contribution in [-0.4, -0.2) is 15.0 Å². The summed E-state index contributed by atoms with van der Waals surface area (Å²) in [6.07, 6.45) is 1.70. The van der Waals surface area contributed by atoms with E-state index in [1.165, 1.54) is 11.8 Å². The molecule has 0 fully saturated rings. The average Bonchev–Trinajstić information content (AvgIpc) is 2.96. The number of H-pyrrole nitrogens is 1. The van der Waals surface area contributed by atoms with E-state index in [1.54, 1.807) is 12.3 Å². The van der Waals surface area contributed by atoms with Crippen LogP contribution in [0.2, 0.25) is 0 Å². The number of imidazole rings is 1. The lowest BCUT2D eigenvalue weighted by Gasteiger charge is -2.01. The largest absolute Gasteiger partial charge is 0.423 e. The fraction of sp³-hybridized carbons (Fsp3) is 0.0625. The molecule has 5 nitrogen and oxygen atoms in total. The number of benzene rings is 1. The van der Waals surface area contributed by atoms with Gasteiger partial charge in [-0.3, -0.25) is 0 Å². The van der Waals surface area contributed by atoms with Gasteiger partial charge in [0.15, 0.2) is 10.8 Å². The van der Waals surface area contributed by atoms with Crippen LogP contribution in [0, 0.1) is 0 Å². The highest BCUT2D eigenvalue weighted by Crippen LogP contribution is 2.24. The van der Waals surface area contributed by atoms with Crippen molar-refractivity contribution in [3.63, 3.8) is 0 Å².